The fourth-order valence-corrected chi connectivity index (χ4v) is 4.97. The molecule has 4 heterocycles. The molecule has 3 aromatic heterocycles. The molecule has 0 radical (unpaired) electrons. The number of hydrogen-bond acceptors (Lipinski definition) is 10. The van der Waals surface area contributed by atoms with Crippen LogP contribution in [0.15, 0.2) is 17.5 Å². The number of carbonyl (C=O) groups excluding carboxylic acids is 2. The van der Waals surface area contributed by atoms with Crippen molar-refractivity contribution in [1.29, 1.82) is 0 Å². The molecule has 11 heteroatoms. The van der Waals surface area contributed by atoms with Gasteiger partial charge in [0.15, 0.2) is 41.2 Å². The summed E-state index contributed by atoms with van der Waals surface area (Å²) in [5.74, 6) is 6.12. The molecular weight excluding hydrogens is 494 g/mol. The molecule has 4 rings (SSSR count). The highest BCUT2D eigenvalue weighted by Gasteiger charge is 2.45. The Morgan fingerprint density at radius 2 is 1.95 bits per heavy atom. The standard InChI is InChI=1S/C26H31N5O5S/c1-4-5-6-7-8-9-10-13-20-28-23(27)21-25(29-20)31(24(30-21)19-12-11-14-37-19)26-22(36-17(3)33)18(15-34-26)35-16(2)32/h11-12,14,18,22,26H,4-9,15H2,1-3H3,(H2,27,28,29)/t18-,22-,26-/m1/s1. The number of fused-ring (bicyclic) bond motifs is 1. The van der Waals surface area contributed by atoms with Crippen LogP contribution in [-0.2, 0) is 23.8 Å². The molecule has 1 fully saturated rings. The van der Waals surface area contributed by atoms with Crippen molar-refractivity contribution in [3.8, 4) is 22.5 Å². The van der Waals surface area contributed by atoms with Gasteiger partial charge in [0.05, 0.1) is 11.5 Å². The summed E-state index contributed by atoms with van der Waals surface area (Å²) in [6, 6.07) is 3.81. The van der Waals surface area contributed by atoms with Crippen LogP contribution in [0.1, 0.15) is 71.3 Å². The first-order valence-corrected chi connectivity index (χ1v) is 13.3. The number of unbranched alkanes of at least 4 members (excludes halogenated alkanes) is 5. The van der Waals surface area contributed by atoms with Crippen LogP contribution in [0, 0.1) is 11.8 Å². The van der Waals surface area contributed by atoms with Gasteiger partial charge in [-0.15, -0.1) is 11.3 Å². The number of anilines is 1. The van der Waals surface area contributed by atoms with Gasteiger partial charge in [0.1, 0.15) is 0 Å². The van der Waals surface area contributed by atoms with Crippen LogP contribution in [0.5, 0.6) is 0 Å². The van der Waals surface area contributed by atoms with E-state index in [0.29, 0.717) is 17.0 Å². The second kappa shape index (κ2) is 12.2. The summed E-state index contributed by atoms with van der Waals surface area (Å²) in [5, 5.41) is 1.92. The SMILES string of the molecule is CCCCCCCC#Cc1nc(N)c2nc(-c3cccs3)n([C@@H]3OC[C@@H](OC(C)=O)[C@H]3OC(C)=O)c2n1. The lowest BCUT2D eigenvalue weighted by Gasteiger charge is -2.24. The molecule has 10 nitrogen and oxygen atoms in total. The van der Waals surface area contributed by atoms with Crippen molar-refractivity contribution < 1.29 is 23.8 Å². The minimum Gasteiger partial charge on any atom is -0.456 e. The van der Waals surface area contributed by atoms with Gasteiger partial charge in [-0.2, -0.15) is 0 Å². The number of esters is 2. The number of nitrogens with two attached hydrogens (primary N) is 1. The lowest BCUT2D eigenvalue weighted by molar-refractivity contribution is -0.164. The average Bonchev–Trinajstić information content (AvgIpc) is 3.58. The van der Waals surface area contributed by atoms with Gasteiger partial charge in [-0.3, -0.25) is 14.2 Å². The van der Waals surface area contributed by atoms with Crippen LogP contribution in [0.2, 0.25) is 0 Å². The van der Waals surface area contributed by atoms with E-state index < -0.39 is 30.4 Å². The Bertz CT molecular complexity index is 1310. The van der Waals surface area contributed by atoms with Gasteiger partial charge in [-0.1, -0.05) is 44.6 Å². The second-order valence-corrected chi connectivity index (χ2v) is 9.75. The molecule has 3 aromatic rings. The Morgan fingerprint density at radius 1 is 1.16 bits per heavy atom. The second-order valence-electron chi connectivity index (χ2n) is 8.80. The van der Waals surface area contributed by atoms with Gasteiger partial charge >= 0.3 is 11.9 Å². The highest BCUT2D eigenvalue weighted by Crippen LogP contribution is 2.38. The molecule has 0 aliphatic carbocycles. The molecule has 0 amide bonds. The summed E-state index contributed by atoms with van der Waals surface area (Å²) < 4.78 is 18.7. The molecule has 0 bridgehead atoms. The fourth-order valence-electron chi connectivity index (χ4n) is 4.26. The van der Waals surface area contributed by atoms with Crippen LogP contribution in [0.3, 0.4) is 0 Å². The first kappa shape index (κ1) is 26.6. The van der Waals surface area contributed by atoms with E-state index in [1.807, 2.05) is 17.5 Å². The summed E-state index contributed by atoms with van der Waals surface area (Å²) in [4.78, 5) is 38.2. The molecule has 0 unspecified atom stereocenters. The predicted molar refractivity (Wildman–Crippen MR) is 139 cm³/mol. The molecule has 2 N–H and O–H groups in total. The zero-order valence-corrected chi connectivity index (χ0v) is 22.0. The van der Waals surface area contributed by atoms with E-state index in [4.69, 9.17) is 24.9 Å². The summed E-state index contributed by atoms with van der Waals surface area (Å²) in [6.45, 7) is 4.82. The van der Waals surface area contributed by atoms with E-state index in [-0.39, 0.29) is 18.2 Å². The van der Waals surface area contributed by atoms with Crippen molar-refractivity contribution in [2.75, 3.05) is 12.3 Å². The summed E-state index contributed by atoms with van der Waals surface area (Å²) >= 11 is 1.48. The van der Waals surface area contributed by atoms with Crippen LogP contribution in [0.25, 0.3) is 21.9 Å². The highest BCUT2D eigenvalue weighted by atomic mass is 32.1. The van der Waals surface area contributed by atoms with Crippen molar-refractivity contribution in [1.82, 2.24) is 19.5 Å². The first-order valence-electron chi connectivity index (χ1n) is 12.4. The molecule has 1 aliphatic heterocycles. The third kappa shape index (κ3) is 6.26. The number of aromatic nitrogens is 4. The molecule has 1 aliphatic rings. The molecule has 0 aromatic carbocycles. The normalized spacial score (nSPS) is 18.9. The van der Waals surface area contributed by atoms with E-state index in [1.54, 1.807) is 4.57 Å². The monoisotopic (exact) mass is 525 g/mol. The molecule has 1 saturated heterocycles. The van der Waals surface area contributed by atoms with Crippen molar-refractivity contribution in [2.45, 2.75) is 77.7 Å². The lowest BCUT2D eigenvalue weighted by atomic mass is 10.1. The van der Waals surface area contributed by atoms with Gasteiger partial charge in [0.25, 0.3) is 0 Å². The zero-order valence-electron chi connectivity index (χ0n) is 21.2. The van der Waals surface area contributed by atoms with Crippen molar-refractivity contribution in [3.63, 3.8) is 0 Å². The molecular formula is C26H31N5O5S. The van der Waals surface area contributed by atoms with Gasteiger partial charge in [0.2, 0.25) is 5.82 Å². The minimum absolute atomic E-state index is 0.0387. The van der Waals surface area contributed by atoms with Gasteiger partial charge in [0, 0.05) is 20.3 Å². The van der Waals surface area contributed by atoms with Gasteiger partial charge in [-0.25, -0.2) is 15.0 Å². The van der Waals surface area contributed by atoms with Crippen molar-refractivity contribution >= 4 is 40.3 Å². The average molecular weight is 526 g/mol. The zero-order chi connectivity index (χ0) is 26.4. The van der Waals surface area contributed by atoms with Gasteiger partial charge < -0.3 is 19.9 Å². The predicted octanol–water partition coefficient (Wildman–Crippen LogP) is 4.24. The number of ether oxygens (including phenoxy) is 3. The van der Waals surface area contributed by atoms with Crippen LogP contribution in [0.4, 0.5) is 5.82 Å². The molecule has 3 atom stereocenters. The smallest absolute Gasteiger partial charge is 0.303 e. The van der Waals surface area contributed by atoms with E-state index in [9.17, 15) is 9.59 Å². The Kier molecular flexibility index (Phi) is 8.74. The molecule has 0 spiro atoms. The van der Waals surface area contributed by atoms with Crippen molar-refractivity contribution in [3.05, 3.63) is 23.3 Å². The number of nitrogen functional groups attached to an aromatic ring is 1. The van der Waals surface area contributed by atoms with E-state index in [0.717, 1.165) is 24.1 Å². The Labute approximate surface area is 219 Å². The number of hydrogen-bond donors (Lipinski definition) is 1. The number of rotatable bonds is 9. The molecule has 0 saturated carbocycles. The first-order chi connectivity index (χ1) is 17.9. The van der Waals surface area contributed by atoms with E-state index in [2.05, 4.69) is 28.7 Å². The summed E-state index contributed by atoms with van der Waals surface area (Å²) in [6.07, 6.45) is 3.99. The van der Waals surface area contributed by atoms with Gasteiger partial charge in [-0.05, 0) is 23.8 Å². The largest absolute Gasteiger partial charge is 0.456 e. The minimum atomic E-state index is -0.911. The summed E-state index contributed by atoms with van der Waals surface area (Å²) in [5.41, 5.74) is 7.08. The van der Waals surface area contributed by atoms with Crippen LogP contribution < -0.4 is 5.73 Å². The topological polar surface area (TPSA) is 131 Å². The summed E-state index contributed by atoms with van der Waals surface area (Å²) in [7, 11) is 0. The van der Waals surface area contributed by atoms with Crippen molar-refractivity contribution in [2.24, 2.45) is 0 Å². The Morgan fingerprint density at radius 3 is 2.65 bits per heavy atom. The van der Waals surface area contributed by atoms with Crippen LogP contribution in [-0.4, -0.2) is 50.3 Å². The number of imidazole rings is 1. The molecule has 196 valence electrons. The number of carbonyl (C=O) groups is 2. The Balaban J connectivity index is 1.74. The number of nitrogens with zero attached hydrogens (tertiary/aromatic N) is 4. The van der Waals surface area contributed by atoms with Crippen LogP contribution >= 0.6 is 11.3 Å². The fraction of sp³-hybridized carbons (Fsp3) is 0.500. The molecule has 37 heavy (non-hydrogen) atoms. The quantitative estimate of drug-likeness (QED) is 0.247. The lowest BCUT2D eigenvalue weighted by Crippen LogP contribution is -2.36. The third-order valence-electron chi connectivity index (χ3n) is 5.87. The third-order valence-corrected chi connectivity index (χ3v) is 6.73. The maximum atomic E-state index is 12.0. The van der Waals surface area contributed by atoms with E-state index >= 15 is 0 Å². The maximum absolute atomic E-state index is 12.0. The highest BCUT2D eigenvalue weighted by molar-refractivity contribution is 7.13. The van der Waals surface area contributed by atoms with E-state index in [1.165, 1.54) is 44.4 Å². The number of thiophene rings is 1. The maximum Gasteiger partial charge on any atom is 0.303 e. The Hall–Kier alpha value is -3.49.